The lowest BCUT2D eigenvalue weighted by atomic mass is 9.96. The van der Waals surface area contributed by atoms with Gasteiger partial charge in [0.25, 0.3) is 0 Å². The number of rotatable bonds is 1. The van der Waals surface area contributed by atoms with Gasteiger partial charge in [0.1, 0.15) is 7.05 Å². The Morgan fingerprint density at radius 3 is 2.60 bits per heavy atom. The molecule has 3 aromatic rings. The quantitative estimate of drug-likeness (QED) is 0.578. The maximum atomic E-state index is 8.03. The fourth-order valence-electron chi connectivity index (χ4n) is 2.75. The van der Waals surface area contributed by atoms with Crippen LogP contribution in [0.1, 0.15) is 18.1 Å². The summed E-state index contributed by atoms with van der Waals surface area (Å²) in [6.45, 7) is 6.33. The highest BCUT2D eigenvalue weighted by atomic mass is 14.9. The highest BCUT2D eigenvalue weighted by molar-refractivity contribution is 5.94. The van der Waals surface area contributed by atoms with Crippen molar-refractivity contribution in [3.8, 4) is 11.3 Å². The van der Waals surface area contributed by atoms with Gasteiger partial charge in [-0.1, -0.05) is 29.8 Å². The van der Waals surface area contributed by atoms with Gasteiger partial charge in [-0.25, -0.2) is 4.57 Å². The standard InChI is InChI=1S/C19H20N/c1-13-8-9-18-16(12-13)10-11-20(4)19(18)17-7-5-6-14(2)15(17)3/h5-12H,1-4H3/q+1/i5D. The molecule has 0 N–H and O–H groups in total. The van der Waals surface area contributed by atoms with E-state index in [4.69, 9.17) is 1.37 Å². The lowest BCUT2D eigenvalue weighted by Gasteiger charge is -2.10. The largest absolute Gasteiger partial charge is 0.220 e. The molecule has 2 aromatic carbocycles. The summed E-state index contributed by atoms with van der Waals surface area (Å²) in [6.07, 6.45) is 2.10. The summed E-state index contributed by atoms with van der Waals surface area (Å²) in [5, 5.41) is 2.48. The molecule has 1 nitrogen and oxygen atoms in total. The van der Waals surface area contributed by atoms with Crippen LogP contribution < -0.4 is 4.57 Å². The van der Waals surface area contributed by atoms with Crippen molar-refractivity contribution in [1.82, 2.24) is 0 Å². The van der Waals surface area contributed by atoms with Crippen molar-refractivity contribution in [2.75, 3.05) is 0 Å². The van der Waals surface area contributed by atoms with Gasteiger partial charge in [-0.15, -0.1) is 0 Å². The molecule has 0 bridgehead atoms. The summed E-state index contributed by atoms with van der Waals surface area (Å²) in [5.74, 6) is 0. The van der Waals surface area contributed by atoms with Crippen LogP contribution in [0.15, 0.2) is 48.6 Å². The fraction of sp³-hybridized carbons (Fsp3) is 0.211. The number of benzene rings is 2. The van der Waals surface area contributed by atoms with Gasteiger partial charge in [-0.3, -0.25) is 0 Å². The zero-order chi connectivity index (χ0) is 15.1. The van der Waals surface area contributed by atoms with Crippen LogP contribution in [-0.2, 0) is 7.05 Å². The third-order valence-corrected chi connectivity index (χ3v) is 4.07. The molecule has 0 amide bonds. The van der Waals surface area contributed by atoms with Gasteiger partial charge in [-0.2, -0.15) is 0 Å². The van der Waals surface area contributed by atoms with E-state index in [1.165, 1.54) is 33.2 Å². The molecular formula is C19H20N+. The zero-order valence-electron chi connectivity index (χ0n) is 13.5. The first-order chi connectivity index (χ1) is 9.97. The number of hydrogen-bond donors (Lipinski definition) is 0. The monoisotopic (exact) mass is 263 g/mol. The summed E-state index contributed by atoms with van der Waals surface area (Å²) >= 11 is 0. The SMILES string of the molecule is [2H]c1cc(C)c(C)c(-c2c3ccc(C)cc3cc[n+]2C)c1. The predicted octanol–water partition coefficient (Wildman–Crippen LogP) is 4.26. The van der Waals surface area contributed by atoms with E-state index in [0.717, 1.165) is 5.56 Å². The van der Waals surface area contributed by atoms with Crippen molar-refractivity contribution in [3.63, 3.8) is 0 Å². The first-order valence-corrected chi connectivity index (χ1v) is 6.94. The third kappa shape index (κ3) is 2.00. The minimum absolute atomic E-state index is 0.567. The highest BCUT2D eigenvalue weighted by Crippen LogP contribution is 2.29. The topological polar surface area (TPSA) is 3.88 Å². The highest BCUT2D eigenvalue weighted by Gasteiger charge is 2.17. The molecule has 0 fully saturated rings. The Morgan fingerprint density at radius 2 is 1.80 bits per heavy atom. The minimum atomic E-state index is 0.567. The van der Waals surface area contributed by atoms with Gasteiger partial charge in [0, 0.05) is 11.6 Å². The van der Waals surface area contributed by atoms with Crippen molar-refractivity contribution < 1.29 is 5.94 Å². The fourth-order valence-corrected chi connectivity index (χ4v) is 2.75. The number of fused-ring (bicyclic) bond motifs is 1. The van der Waals surface area contributed by atoms with Crippen molar-refractivity contribution in [1.29, 1.82) is 0 Å². The Kier molecular flexibility index (Phi) is 2.77. The number of pyridine rings is 1. The van der Waals surface area contributed by atoms with E-state index in [-0.39, 0.29) is 0 Å². The van der Waals surface area contributed by atoms with Crippen LogP contribution in [0, 0.1) is 20.8 Å². The van der Waals surface area contributed by atoms with Crippen molar-refractivity contribution in [2.45, 2.75) is 20.8 Å². The predicted molar refractivity (Wildman–Crippen MR) is 84.8 cm³/mol. The second-order valence-corrected chi connectivity index (χ2v) is 5.54. The Hall–Kier alpha value is -2.15. The lowest BCUT2D eigenvalue weighted by Crippen LogP contribution is -2.30. The van der Waals surface area contributed by atoms with Crippen LogP contribution in [0.3, 0.4) is 0 Å². The Morgan fingerprint density at radius 1 is 1.00 bits per heavy atom. The average molecular weight is 263 g/mol. The lowest BCUT2D eigenvalue weighted by molar-refractivity contribution is -0.659. The van der Waals surface area contributed by atoms with E-state index >= 15 is 0 Å². The molecule has 0 unspecified atom stereocenters. The van der Waals surface area contributed by atoms with Crippen LogP contribution in [0.4, 0.5) is 0 Å². The summed E-state index contributed by atoms with van der Waals surface area (Å²) < 4.78 is 10.2. The molecule has 0 radical (unpaired) electrons. The van der Waals surface area contributed by atoms with E-state index in [1.54, 1.807) is 0 Å². The van der Waals surface area contributed by atoms with E-state index in [2.05, 4.69) is 62.8 Å². The van der Waals surface area contributed by atoms with Crippen LogP contribution >= 0.6 is 0 Å². The Bertz CT molecular complexity index is 850. The zero-order valence-corrected chi connectivity index (χ0v) is 12.5. The van der Waals surface area contributed by atoms with Crippen LogP contribution in [0.5, 0.6) is 0 Å². The molecule has 0 atom stereocenters. The van der Waals surface area contributed by atoms with E-state index in [0.29, 0.717) is 6.04 Å². The first kappa shape index (κ1) is 11.7. The maximum Gasteiger partial charge on any atom is 0.220 e. The Labute approximate surface area is 121 Å². The van der Waals surface area contributed by atoms with Crippen LogP contribution in [0.2, 0.25) is 0 Å². The van der Waals surface area contributed by atoms with E-state index < -0.39 is 0 Å². The summed E-state index contributed by atoms with van der Waals surface area (Å²) in [4.78, 5) is 0. The van der Waals surface area contributed by atoms with Gasteiger partial charge in [0.15, 0.2) is 6.20 Å². The molecule has 1 heterocycles. The molecule has 1 aromatic heterocycles. The van der Waals surface area contributed by atoms with E-state index in [1.807, 2.05) is 12.1 Å². The van der Waals surface area contributed by atoms with Gasteiger partial charge < -0.3 is 0 Å². The number of aryl methyl sites for hydroxylation is 3. The molecule has 0 aliphatic heterocycles. The molecule has 3 rings (SSSR count). The molecular weight excluding hydrogens is 242 g/mol. The Balaban J connectivity index is 2.42. The van der Waals surface area contributed by atoms with Crippen molar-refractivity contribution in [3.05, 3.63) is 65.3 Å². The first-order valence-electron chi connectivity index (χ1n) is 7.44. The molecule has 0 saturated carbocycles. The van der Waals surface area contributed by atoms with Crippen LogP contribution in [-0.4, -0.2) is 0 Å². The number of aromatic nitrogens is 1. The van der Waals surface area contributed by atoms with Gasteiger partial charge in [0.2, 0.25) is 5.69 Å². The molecule has 0 aliphatic carbocycles. The van der Waals surface area contributed by atoms with Crippen LogP contribution in [0.25, 0.3) is 22.0 Å². The third-order valence-electron chi connectivity index (χ3n) is 4.07. The van der Waals surface area contributed by atoms with Gasteiger partial charge in [-0.05, 0) is 49.4 Å². The molecule has 20 heavy (non-hydrogen) atoms. The van der Waals surface area contributed by atoms with Crippen molar-refractivity contribution in [2.24, 2.45) is 7.05 Å². The number of hydrogen-bond acceptors (Lipinski definition) is 0. The summed E-state index contributed by atoms with van der Waals surface area (Å²) in [6, 6.07) is 13.2. The van der Waals surface area contributed by atoms with Crippen molar-refractivity contribution >= 4 is 10.8 Å². The molecule has 0 saturated heterocycles. The second-order valence-electron chi connectivity index (χ2n) is 5.54. The molecule has 100 valence electrons. The normalized spacial score (nSPS) is 11.7. The molecule has 1 heteroatoms. The van der Waals surface area contributed by atoms with Gasteiger partial charge >= 0.3 is 0 Å². The van der Waals surface area contributed by atoms with Gasteiger partial charge in [0.05, 0.1) is 6.76 Å². The summed E-state index contributed by atoms with van der Waals surface area (Å²) in [7, 11) is 2.07. The van der Waals surface area contributed by atoms with E-state index in [9.17, 15) is 0 Å². The second kappa shape index (κ2) is 4.75. The smallest absolute Gasteiger partial charge is 0.200 e. The average Bonchev–Trinajstić information content (AvgIpc) is 2.43. The minimum Gasteiger partial charge on any atom is -0.200 e. The maximum absolute atomic E-state index is 8.03. The summed E-state index contributed by atoms with van der Waals surface area (Å²) in [5.41, 5.74) is 6.01. The molecule has 0 spiro atoms. The molecule has 0 aliphatic rings. The number of nitrogens with zero attached hydrogens (tertiary/aromatic N) is 1.